The van der Waals surface area contributed by atoms with Gasteiger partial charge >= 0.3 is 0 Å². The van der Waals surface area contributed by atoms with Crippen molar-refractivity contribution in [3.63, 3.8) is 0 Å². The normalized spacial score (nSPS) is 20.3. The van der Waals surface area contributed by atoms with Crippen LogP contribution >= 0.6 is 0 Å². The van der Waals surface area contributed by atoms with Gasteiger partial charge in [0, 0.05) is 18.9 Å². The highest BCUT2D eigenvalue weighted by atomic mass is 16.6. The summed E-state index contributed by atoms with van der Waals surface area (Å²) >= 11 is 0. The summed E-state index contributed by atoms with van der Waals surface area (Å²) in [6.45, 7) is 2.23. The second-order valence-corrected chi connectivity index (χ2v) is 5.11. The Kier molecular flexibility index (Phi) is 2.81. The van der Waals surface area contributed by atoms with Gasteiger partial charge in [0.05, 0.1) is 6.04 Å². The maximum Gasteiger partial charge on any atom is 0.161 e. The first-order valence-corrected chi connectivity index (χ1v) is 6.97. The molecule has 1 atom stereocenters. The maximum absolute atomic E-state index is 5.71. The van der Waals surface area contributed by atoms with E-state index in [-0.39, 0.29) is 6.04 Å². The molecule has 0 saturated heterocycles. The van der Waals surface area contributed by atoms with Crippen LogP contribution in [0.5, 0.6) is 11.5 Å². The first-order chi connectivity index (χ1) is 9.92. The molecule has 0 saturated carbocycles. The molecule has 1 aromatic carbocycles. The van der Waals surface area contributed by atoms with Crippen LogP contribution in [0, 0.1) is 0 Å². The minimum Gasteiger partial charge on any atom is -0.486 e. The number of fused-ring (bicyclic) bond motifs is 2. The third-order valence-corrected chi connectivity index (χ3v) is 3.90. The molecule has 3 heterocycles. The Bertz CT molecular complexity index is 628. The quantitative estimate of drug-likeness (QED) is 0.860. The minimum absolute atomic E-state index is 0.206. The van der Waals surface area contributed by atoms with E-state index in [1.54, 1.807) is 0 Å². The van der Waals surface area contributed by atoms with Crippen LogP contribution < -0.4 is 14.8 Å². The van der Waals surface area contributed by atoms with Gasteiger partial charge < -0.3 is 14.8 Å². The fourth-order valence-corrected chi connectivity index (χ4v) is 2.95. The topological polar surface area (TPSA) is 43.4 Å². The first kappa shape index (κ1) is 11.7. The lowest BCUT2D eigenvalue weighted by atomic mass is 9.90. The Hall–Kier alpha value is -2.07. The number of aromatic nitrogens is 1. The van der Waals surface area contributed by atoms with E-state index >= 15 is 0 Å². The van der Waals surface area contributed by atoms with Crippen LogP contribution in [0.4, 0.5) is 0 Å². The average molecular weight is 268 g/mol. The monoisotopic (exact) mass is 268 g/mol. The number of pyridine rings is 1. The molecule has 2 aliphatic heterocycles. The molecule has 2 aromatic rings. The zero-order chi connectivity index (χ0) is 13.4. The van der Waals surface area contributed by atoms with Gasteiger partial charge in [0.15, 0.2) is 11.5 Å². The second kappa shape index (κ2) is 4.80. The summed E-state index contributed by atoms with van der Waals surface area (Å²) in [5, 5.41) is 3.57. The van der Waals surface area contributed by atoms with Gasteiger partial charge in [-0.25, -0.2) is 0 Å². The van der Waals surface area contributed by atoms with E-state index in [4.69, 9.17) is 9.47 Å². The lowest BCUT2D eigenvalue weighted by Gasteiger charge is -2.29. The number of benzene rings is 1. The van der Waals surface area contributed by atoms with E-state index in [0.29, 0.717) is 13.2 Å². The SMILES string of the molecule is c1cc(C2NCCc3cc4c(cc32)OCCO4)ccn1. The van der Waals surface area contributed by atoms with Gasteiger partial charge in [-0.3, -0.25) is 4.98 Å². The summed E-state index contributed by atoms with van der Waals surface area (Å²) in [7, 11) is 0. The summed E-state index contributed by atoms with van der Waals surface area (Å²) in [5.74, 6) is 1.74. The Labute approximate surface area is 117 Å². The molecule has 20 heavy (non-hydrogen) atoms. The first-order valence-electron chi connectivity index (χ1n) is 6.97. The summed E-state index contributed by atoms with van der Waals surface area (Å²) in [6, 6.07) is 8.59. The molecule has 4 rings (SSSR count). The molecular formula is C16H16N2O2. The standard InChI is InChI=1S/C16H16N2O2/c1-4-17-5-2-11(1)16-13-10-15-14(19-7-8-20-15)9-12(13)3-6-18-16/h1-2,4-5,9-10,16,18H,3,6-8H2. The summed E-state index contributed by atoms with van der Waals surface area (Å²) in [4.78, 5) is 4.09. The molecule has 0 spiro atoms. The van der Waals surface area contributed by atoms with Crippen molar-refractivity contribution in [2.24, 2.45) is 0 Å². The summed E-state index contributed by atoms with van der Waals surface area (Å²) in [5.41, 5.74) is 3.86. The molecular weight excluding hydrogens is 252 g/mol. The lowest BCUT2D eigenvalue weighted by molar-refractivity contribution is 0.171. The van der Waals surface area contributed by atoms with Crippen LogP contribution in [0.1, 0.15) is 22.7 Å². The Morgan fingerprint density at radius 2 is 1.80 bits per heavy atom. The smallest absolute Gasteiger partial charge is 0.161 e. The van der Waals surface area contributed by atoms with E-state index in [1.165, 1.54) is 16.7 Å². The second-order valence-electron chi connectivity index (χ2n) is 5.11. The van der Waals surface area contributed by atoms with Crippen molar-refractivity contribution in [3.05, 3.63) is 53.3 Å². The molecule has 4 nitrogen and oxygen atoms in total. The molecule has 0 fully saturated rings. The van der Waals surface area contributed by atoms with Crippen molar-refractivity contribution in [2.45, 2.75) is 12.5 Å². The molecule has 2 aliphatic rings. The van der Waals surface area contributed by atoms with Crippen molar-refractivity contribution in [1.82, 2.24) is 10.3 Å². The highest BCUT2D eigenvalue weighted by Gasteiger charge is 2.25. The molecule has 0 amide bonds. The molecule has 4 heteroatoms. The van der Waals surface area contributed by atoms with E-state index in [0.717, 1.165) is 24.5 Å². The van der Waals surface area contributed by atoms with Crippen LogP contribution in [-0.2, 0) is 6.42 Å². The van der Waals surface area contributed by atoms with E-state index in [9.17, 15) is 0 Å². The van der Waals surface area contributed by atoms with E-state index < -0.39 is 0 Å². The fourth-order valence-electron chi connectivity index (χ4n) is 2.95. The largest absolute Gasteiger partial charge is 0.486 e. The van der Waals surface area contributed by atoms with Gasteiger partial charge in [0.2, 0.25) is 0 Å². The van der Waals surface area contributed by atoms with Gasteiger partial charge in [-0.15, -0.1) is 0 Å². The van der Waals surface area contributed by atoms with Crippen molar-refractivity contribution >= 4 is 0 Å². The van der Waals surface area contributed by atoms with Crippen molar-refractivity contribution < 1.29 is 9.47 Å². The molecule has 1 N–H and O–H groups in total. The van der Waals surface area contributed by atoms with Gasteiger partial charge in [-0.2, -0.15) is 0 Å². The molecule has 0 radical (unpaired) electrons. The number of rotatable bonds is 1. The molecule has 1 aromatic heterocycles. The average Bonchev–Trinajstić information content (AvgIpc) is 2.53. The van der Waals surface area contributed by atoms with Crippen molar-refractivity contribution in [3.8, 4) is 11.5 Å². The van der Waals surface area contributed by atoms with Gasteiger partial charge in [0.1, 0.15) is 13.2 Å². The van der Waals surface area contributed by atoms with Crippen LogP contribution in [0.2, 0.25) is 0 Å². The Balaban J connectivity index is 1.80. The highest BCUT2D eigenvalue weighted by Crippen LogP contribution is 2.38. The number of nitrogens with zero attached hydrogens (tertiary/aromatic N) is 1. The van der Waals surface area contributed by atoms with Gasteiger partial charge in [-0.1, -0.05) is 0 Å². The third kappa shape index (κ3) is 1.93. The minimum atomic E-state index is 0.206. The van der Waals surface area contributed by atoms with Crippen LogP contribution in [-0.4, -0.2) is 24.7 Å². The number of hydrogen-bond acceptors (Lipinski definition) is 4. The van der Waals surface area contributed by atoms with Crippen LogP contribution in [0.25, 0.3) is 0 Å². The zero-order valence-electron chi connectivity index (χ0n) is 11.1. The number of nitrogens with one attached hydrogen (secondary N) is 1. The van der Waals surface area contributed by atoms with Crippen LogP contribution in [0.15, 0.2) is 36.7 Å². The molecule has 0 bridgehead atoms. The van der Waals surface area contributed by atoms with Gasteiger partial charge in [-0.05, 0) is 47.4 Å². The van der Waals surface area contributed by atoms with Crippen LogP contribution in [0.3, 0.4) is 0 Å². The number of hydrogen-bond donors (Lipinski definition) is 1. The molecule has 102 valence electrons. The predicted molar refractivity (Wildman–Crippen MR) is 75.2 cm³/mol. The Morgan fingerprint density at radius 1 is 1.05 bits per heavy atom. The fraction of sp³-hybridized carbons (Fsp3) is 0.312. The third-order valence-electron chi connectivity index (χ3n) is 3.90. The number of ether oxygens (including phenoxy) is 2. The molecule has 0 aliphatic carbocycles. The summed E-state index contributed by atoms with van der Waals surface area (Å²) in [6.07, 6.45) is 4.69. The maximum atomic E-state index is 5.71. The predicted octanol–water partition coefficient (Wildman–Crippen LogP) is 2.09. The zero-order valence-corrected chi connectivity index (χ0v) is 11.1. The lowest BCUT2D eigenvalue weighted by Crippen LogP contribution is -2.31. The summed E-state index contributed by atoms with van der Waals surface area (Å²) < 4.78 is 11.4. The Morgan fingerprint density at radius 3 is 2.60 bits per heavy atom. The van der Waals surface area contributed by atoms with E-state index in [1.807, 2.05) is 12.4 Å². The van der Waals surface area contributed by atoms with E-state index in [2.05, 4.69) is 34.6 Å². The highest BCUT2D eigenvalue weighted by molar-refractivity contribution is 5.52. The van der Waals surface area contributed by atoms with Crippen molar-refractivity contribution in [1.29, 1.82) is 0 Å². The molecule has 1 unspecified atom stereocenters. The van der Waals surface area contributed by atoms with Crippen molar-refractivity contribution in [2.75, 3.05) is 19.8 Å². The van der Waals surface area contributed by atoms with Gasteiger partial charge in [0.25, 0.3) is 0 Å².